The summed E-state index contributed by atoms with van der Waals surface area (Å²) >= 11 is 0. The predicted molar refractivity (Wildman–Crippen MR) is 139 cm³/mol. The number of hydrogen-bond acceptors (Lipinski definition) is 8. The number of carbonyl (C=O) groups excluding carboxylic acids is 1. The van der Waals surface area contributed by atoms with Crippen LogP contribution in [0.4, 0.5) is 11.8 Å². The van der Waals surface area contributed by atoms with Gasteiger partial charge in [0.1, 0.15) is 11.4 Å². The molecule has 0 aromatic carbocycles. The van der Waals surface area contributed by atoms with Crippen LogP contribution in [0.1, 0.15) is 33.6 Å². The molecule has 0 bridgehead atoms. The number of pyridine rings is 1. The monoisotopic (exact) mass is 503 g/mol. The SMILES string of the molecule is CC1CCCN1c1ncc(-c2cccc(NC(=O)C(C)(C)n3cnc4c3c(=O)n(C)c(=O)n4C)n2)cn1. The number of amides is 1. The molecule has 1 fully saturated rings. The van der Waals surface area contributed by atoms with E-state index in [0.717, 1.165) is 29.5 Å². The minimum Gasteiger partial charge on any atom is -0.338 e. The zero-order chi connectivity index (χ0) is 26.5. The summed E-state index contributed by atoms with van der Waals surface area (Å²) in [4.78, 5) is 58.6. The van der Waals surface area contributed by atoms with Gasteiger partial charge in [-0.05, 0) is 45.7 Å². The number of anilines is 2. The molecule has 1 saturated heterocycles. The van der Waals surface area contributed by atoms with Gasteiger partial charge < -0.3 is 14.8 Å². The van der Waals surface area contributed by atoms with E-state index in [2.05, 4.69) is 37.1 Å². The van der Waals surface area contributed by atoms with Crippen molar-refractivity contribution < 1.29 is 4.79 Å². The van der Waals surface area contributed by atoms with Crippen LogP contribution in [0.25, 0.3) is 22.4 Å². The molecule has 0 spiro atoms. The lowest BCUT2D eigenvalue weighted by Gasteiger charge is -2.25. The highest BCUT2D eigenvalue weighted by molar-refractivity contribution is 5.96. The largest absolute Gasteiger partial charge is 0.338 e. The highest BCUT2D eigenvalue weighted by Crippen LogP contribution is 2.25. The van der Waals surface area contributed by atoms with Gasteiger partial charge in [-0.2, -0.15) is 0 Å². The topological polar surface area (TPSA) is 133 Å². The predicted octanol–water partition coefficient (Wildman–Crippen LogP) is 1.65. The van der Waals surface area contributed by atoms with Gasteiger partial charge in [-0.15, -0.1) is 0 Å². The molecule has 1 atom stereocenters. The summed E-state index contributed by atoms with van der Waals surface area (Å²) in [5, 5.41) is 2.84. The van der Waals surface area contributed by atoms with E-state index >= 15 is 0 Å². The Morgan fingerprint density at radius 3 is 2.49 bits per heavy atom. The summed E-state index contributed by atoms with van der Waals surface area (Å²) in [6.07, 6.45) is 7.14. The van der Waals surface area contributed by atoms with Crippen molar-refractivity contribution in [1.29, 1.82) is 0 Å². The van der Waals surface area contributed by atoms with Gasteiger partial charge in [0.05, 0.1) is 12.0 Å². The van der Waals surface area contributed by atoms with E-state index in [1.807, 2.05) is 6.07 Å². The van der Waals surface area contributed by atoms with E-state index in [-0.39, 0.29) is 11.2 Å². The highest BCUT2D eigenvalue weighted by atomic mass is 16.2. The smallest absolute Gasteiger partial charge is 0.332 e. The number of carbonyl (C=O) groups is 1. The van der Waals surface area contributed by atoms with Gasteiger partial charge in [-0.1, -0.05) is 6.07 Å². The maximum Gasteiger partial charge on any atom is 0.332 e. The van der Waals surface area contributed by atoms with Crippen LogP contribution in [-0.4, -0.2) is 52.1 Å². The first-order valence-electron chi connectivity index (χ1n) is 12.1. The van der Waals surface area contributed by atoms with Gasteiger partial charge in [0, 0.05) is 44.6 Å². The molecule has 0 saturated carbocycles. The molecule has 12 nitrogen and oxygen atoms in total. The van der Waals surface area contributed by atoms with Gasteiger partial charge in [-0.3, -0.25) is 18.7 Å². The zero-order valence-corrected chi connectivity index (χ0v) is 21.5. The quantitative estimate of drug-likeness (QED) is 0.435. The molecule has 1 N–H and O–H groups in total. The van der Waals surface area contributed by atoms with Crippen LogP contribution in [0.5, 0.6) is 0 Å². The highest BCUT2D eigenvalue weighted by Gasteiger charge is 2.33. The first-order valence-corrected chi connectivity index (χ1v) is 12.1. The standard InChI is InChI=1S/C25H29N9O3/c1-15-8-7-11-33(15)23-26-12-16(13-27-23)17-9-6-10-18(29-17)30-22(36)25(2,3)34-14-28-20-19(34)21(35)32(5)24(37)31(20)4/h6,9-10,12-15H,7-8,11H2,1-5H3,(H,29,30,36). The maximum atomic E-state index is 13.4. The molecular weight excluding hydrogens is 474 g/mol. The summed E-state index contributed by atoms with van der Waals surface area (Å²) in [5.41, 5.74) is -0.504. The van der Waals surface area contributed by atoms with Crippen molar-refractivity contribution in [2.24, 2.45) is 14.1 Å². The molecule has 12 heteroatoms. The summed E-state index contributed by atoms with van der Waals surface area (Å²) in [6, 6.07) is 5.72. The Bertz CT molecular complexity index is 1620. The second kappa shape index (κ2) is 8.95. The number of hydrogen-bond donors (Lipinski definition) is 1. The Labute approximate surface area is 212 Å². The molecule has 5 rings (SSSR count). The lowest BCUT2D eigenvalue weighted by atomic mass is 10.0. The van der Waals surface area contributed by atoms with E-state index in [4.69, 9.17) is 0 Å². The molecular formula is C25H29N9O3. The number of rotatable bonds is 5. The number of nitrogens with zero attached hydrogens (tertiary/aromatic N) is 8. The lowest BCUT2D eigenvalue weighted by Crippen LogP contribution is -2.43. The second-order valence-corrected chi connectivity index (χ2v) is 9.87. The first-order chi connectivity index (χ1) is 17.6. The van der Waals surface area contributed by atoms with Gasteiger partial charge in [0.2, 0.25) is 5.95 Å². The molecule has 0 radical (unpaired) electrons. The second-order valence-electron chi connectivity index (χ2n) is 9.87. The van der Waals surface area contributed by atoms with Crippen LogP contribution in [0, 0.1) is 0 Å². The Kier molecular flexibility index (Phi) is 5.89. The Morgan fingerprint density at radius 2 is 1.81 bits per heavy atom. The molecule has 4 aromatic heterocycles. The van der Waals surface area contributed by atoms with Crippen LogP contribution in [0.3, 0.4) is 0 Å². The molecule has 0 aliphatic carbocycles. The van der Waals surface area contributed by atoms with Gasteiger partial charge in [-0.25, -0.2) is 24.7 Å². The maximum absolute atomic E-state index is 13.4. The fraction of sp³-hybridized carbons (Fsp3) is 0.400. The van der Waals surface area contributed by atoms with Crippen LogP contribution in [0.15, 0.2) is 46.5 Å². The van der Waals surface area contributed by atoms with E-state index < -0.39 is 22.7 Å². The van der Waals surface area contributed by atoms with Crippen molar-refractivity contribution in [3.63, 3.8) is 0 Å². The van der Waals surface area contributed by atoms with E-state index in [1.54, 1.807) is 38.4 Å². The average molecular weight is 504 g/mol. The molecule has 4 aromatic rings. The van der Waals surface area contributed by atoms with Crippen molar-refractivity contribution in [2.75, 3.05) is 16.8 Å². The normalized spacial score (nSPS) is 15.9. The number of fused-ring (bicyclic) bond motifs is 1. The van der Waals surface area contributed by atoms with E-state index in [0.29, 0.717) is 23.5 Å². The number of aromatic nitrogens is 7. The van der Waals surface area contributed by atoms with Crippen molar-refractivity contribution >= 4 is 28.8 Å². The van der Waals surface area contributed by atoms with Gasteiger partial charge in [0.15, 0.2) is 11.2 Å². The minimum atomic E-state index is -1.22. The van der Waals surface area contributed by atoms with Crippen molar-refractivity contribution in [3.8, 4) is 11.3 Å². The molecule has 1 aliphatic rings. The molecule has 192 valence electrons. The molecule has 1 amide bonds. The third-order valence-corrected chi connectivity index (χ3v) is 7.04. The molecule has 1 aliphatic heterocycles. The fourth-order valence-electron chi connectivity index (χ4n) is 4.64. The fourth-order valence-corrected chi connectivity index (χ4v) is 4.64. The van der Waals surface area contributed by atoms with Crippen molar-refractivity contribution in [2.45, 2.75) is 45.2 Å². The van der Waals surface area contributed by atoms with Gasteiger partial charge in [0.25, 0.3) is 11.5 Å². The van der Waals surface area contributed by atoms with Crippen LogP contribution < -0.4 is 21.5 Å². The van der Waals surface area contributed by atoms with Crippen molar-refractivity contribution in [1.82, 2.24) is 33.6 Å². The Hall–Kier alpha value is -4.35. The third kappa shape index (κ3) is 4.07. The van der Waals surface area contributed by atoms with Crippen LogP contribution >= 0.6 is 0 Å². The average Bonchev–Trinajstić information content (AvgIpc) is 3.53. The summed E-state index contributed by atoms with van der Waals surface area (Å²) in [7, 11) is 2.93. The third-order valence-electron chi connectivity index (χ3n) is 7.04. The lowest BCUT2D eigenvalue weighted by molar-refractivity contribution is -0.122. The summed E-state index contributed by atoms with van der Waals surface area (Å²) < 4.78 is 3.76. The molecule has 37 heavy (non-hydrogen) atoms. The molecule has 5 heterocycles. The summed E-state index contributed by atoms with van der Waals surface area (Å²) in [5.74, 6) is 0.649. The first kappa shape index (κ1) is 24.3. The van der Waals surface area contributed by atoms with E-state index in [1.165, 1.54) is 29.6 Å². The number of aryl methyl sites for hydroxylation is 1. The Balaban J connectivity index is 1.41. The summed E-state index contributed by atoms with van der Waals surface area (Å²) in [6.45, 7) is 6.46. The van der Waals surface area contributed by atoms with Crippen LogP contribution in [0.2, 0.25) is 0 Å². The van der Waals surface area contributed by atoms with E-state index in [9.17, 15) is 14.4 Å². The zero-order valence-electron chi connectivity index (χ0n) is 21.5. The van der Waals surface area contributed by atoms with Crippen molar-refractivity contribution in [3.05, 3.63) is 57.8 Å². The number of imidazole rings is 1. The van der Waals surface area contributed by atoms with Gasteiger partial charge >= 0.3 is 5.69 Å². The van der Waals surface area contributed by atoms with Crippen LogP contribution in [-0.2, 0) is 24.4 Å². The number of nitrogens with one attached hydrogen (secondary N) is 1. The molecule has 1 unspecified atom stereocenters. The Morgan fingerprint density at radius 1 is 1.08 bits per heavy atom. The minimum absolute atomic E-state index is 0.163.